The Labute approximate surface area is 119 Å². The summed E-state index contributed by atoms with van der Waals surface area (Å²) < 4.78 is 0. The molecule has 1 rings (SSSR count). The maximum Gasteiger partial charge on any atom is 0.248 e. The fourth-order valence-corrected chi connectivity index (χ4v) is 3.00. The van der Waals surface area contributed by atoms with E-state index in [1.54, 1.807) is 0 Å². The highest BCUT2D eigenvalue weighted by Gasteiger charge is 2.19. The smallest absolute Gasteiger partial charge is 0.248 e. The van der Waals surface area contributed by atoms with Gasteiger partial charge in [0.2, 0.25) is 5.91 Å². The zero-order valence-corrected chi connectivity index (χ0v) is 12.9. The molecule has 1 aliphatic rings. The highest BCUT2D eigenvalue weighted by Crippen LogP contribution is 2.20. The van der Waals surface area contributed by atoms with Crippen molar-refractivity contribution >= 4 is 5.91 Å². The number of carbonyl (C=O) groups is 1. The van der Waals surface area contributed by atoms with Crippen LogP contribution in [0.15, 0.2) is 12.2 Å². The lowest BCUT2D eigenvalue weighted by Gasteiger charge is -2.29. The van der Waals surface area contributed by atoms with Crippen LogP contribution in [0.3, 0.4) is 0 Å². The minimum atomic E-state index is 0.122. The Hall–Kier alpha value is -0.790. The first-order valence-corrected chi connectivity index (χ1v) is 8.05. The lowest BCUT2D eigenvalue weighted by atomic mass is 9.97. The van der Waals surface area contributed by atoms with Gasteiger partial charge in [-0.3, -0.25) is 4.79 Å². The normalized spacial score (nSPS) is 20.1. The quantitative estimate of drug-likeness (QED) is 0.663. The van der Waals surface area contributed by atoms with Crippen molar-refractivity contribution in [2.45, 2.75) is 83.6 Å². The minimum absolute atomic E-state index is 0.122. The van der Waals surface area contributed by atoms with Gasteiger partial charge in [0.1, 0.15) is 0 Å². The van der Waals surface area contributed by atoms with Crippen molar-refractivity contribution in [1.82, 2.24) is 4.90 Å². The number of nitrogens with zero attached hydrogens (tertiary/aromatic N) is 1. The second-order valence-corrected chi connectivity index (χ2v) is 6.11. The van der Waals surface area contributed by atoms with Crippen LogP contribution in [-0.4, -0.2) is 23.9 Å². The third kappa shape index (κ3) is 6.26. The molecule has 0 aliphatic heterocycles. The van der Waals surface area contributed by atoms with Crippen LogP contribution in [-0.2, 0) is 4.79 Å². The van der Waals surface area contributed by atoms with E-state index in [0.29, 0.717) is 11.6 Å². The molecule has 0 unspecified atom stereocenters. The third-order valence-electron chi connectivity index (χ3n) is 4.31. The SMILES string of the molecule is C=C(C)C(=O)N(C)C1CCCCCCCCCCC1. The van der Waals surface area contributed by atoms with Gasteiger partial charge in [0.05, 0.1) is 0 Å². The summed E-state index contributed by atoms with van der Waals surface area (Å²) in [6.45, 7) is 5.60. The topological polar surface area (TPSA) is 20.3 Å². The van der Waals surface area contributed by atoms with Crippen LogP contribution in [0.1, 0.15) is 77.6 Å². The van der Waals surface area contributed by atoms with Crippen molar-refractivity contribution in [3.8, 4) is 0 Å². The average molecular weight is 265 g/mol. The van der Waals surface area contributed by atoms with Gasteiger partial charge in [0.15, 0.2) is 0 Å². The molecule has 0 radical (unpaired) electrons. The lowest BCUT2D eigenvalue weighted by molar-refractivity contribution is -0.128. The Bertz CT molecular complexity index is 273. The molecule has 0 atom stereocenters. The summed E-state index contributed by atoms with van der Waals surface area (Å²) in [5.41, 5.74) is 0.661. The fourth-order valence-electron chi connectivity index (χ4n) is 3.00. The zero-order valence-electron chi connectivity index (χ0n) is 12.9. The standard InChI is InChI=1S/C17H31NO/c1-15(2)17(19)18(3)16-13-11-9-7-5-4-6-8-10-12-14-16/h16H,1,4-14H2,2-3H3. The minimum Gasteiger partial charge on any atom is -0.339 e. The van der Waals surface area contributed by atoms with Crippen molar-refractivity contribution in [2.75, 3.05) is 7.05 Å². The van der Waals surface area contributed by atoms with E-state index >= 15 is 0 Å². The molecule has 0 heterocycles. The highest BCUT2D eigenvalue weighted by molar-refractivity contribution is 5.92. The van der Waals surface area contributed by atoms with Crippen molar-refractivity contribution < 1.29 is 4.79 Å². The number of hydrogen-bond donors (Lipinski definition) is 0. The van der Waals surface area contributed by atoms with Crippen LogP contribution >= 0.6 is 0 Å². The van der Waals surface area contributed by atoms with E-state index in [2.05, 4.69) is 6.58 Å². The molecule has 0 aromatic carbocycles. The monoisotopic (exact) mass is 265 g/mol. The summed E-state index contributed by atoms with van der Waals surface area (Å²) in [4.78, 5) is 14.0. The predicted octanol–water partition coefficient (Wildman–Crippen LogP) is 4.69. The van der Waals surface area contributed by atoms with Gasteiger partial charge in [-0.25, -0.2) is 0 Å². The highest BCUT2D eigenvalue weighted by atomic mass is 16.2. The summed E-state index contributed by atoms with van der Waals surface area (Å²) in [5, 5.41) is 0. The van der Waals surface area contributed by atoms with Crippen LogP contribution in [0.2, 0.25) is 0 Å². The van der Waals surface area contributed by atoms with E-state index in [9.17, 15) is 4.79 Å². The first kappa shape index (κ1) is 16.3. The molecule has 0 spiro atoms. The molecule has 1 saturated carbocycles. The summed E-state index contributed by atoms with van der Waals surface area (Å²) in [7, 11) is 1.95. The summed E-state index contributed by atoms with van der Waals surface area (Å²) in [5.74, 6) is 0.122. The summed E-state index contributed by atoms with van der Waals surface area (Å²) in [6.07, 6.45) is 14.4. The van der Waals surface area contributed by atoms with Crippen LogP contribution in [0.5, 0.6) is 0 Å². The second-order valence-electron chi connectivity index (χ2n) is 6.11. The van der Waals surface area contributed by atoms with Crippen molar-refractivity contribution in [3.63, 3.8) is 0 Å². The molecule has 0 bridgehead atoms. The van der Waals surface area contributed by atoms with Gasteiger partial charge in [-0.15, -0.1) is 0 Å². The van der Waals surface area contributed by atoms with E-state index in [0.717, 1.165) is 12.8 Å². The maximum absolute atomic E-state index is 12.0. The van der Waals surface area contributed by atoms with Crippen LogP contribution < -0.4 is 0 Å². The van der Waals surface area contributed by atoms with Crippen LogP contribution in [0, 0.1) is 0 Å². The molecule has 19 heavy (non-hydrogen) atoms. The molecule has 2 heteroatoms. The van der Waals surface area contributed by atoms with Crippen LogP contribution in [0.25, 0.3) is 0 Å². The van der Waals surface area contributed by atoms with Crippen molar-refractivity contribution in [1.29, 1.82) is 0 Å². The molecule has 0 aromatic rings. The first-order valence-electron chi connectivity index (χ1n) is 8.05. The molecule has 2 nitrogen and oxygen atoms in total. The Morgan fingerprint density at radius 1 is 0.895 bits per heavy atom. The van der Waals surface area contributed by atoms with Crippen molar-refractivity contribution in [2.24, 2.45) is 0 Å². The lowest BCUT2D eigenvalue weighted by Crippen LogP contribution is -2.37. The molecule has 1 aliphatic carbocycles. The van der Waals surface area contributed by atoms with Crippen LogP contribution in [0.4, 0.5) is 0 Å². The molecule has 0 N–H and O–H groups in total. The maximum atomic E-state index is 12.0. The van der Waals surface area contributed by atoms with E-state index in [1.165, 1.54) is 57.8 Å². The second kappa shape index (κ2) is 9.17. The largest absolute Gasteiger partial charge is 0.339 e. The molecule has 1 fully saturated rings. The molecule has 0 aromatic heterocycles. The van der Waals surface area contributed by atoms with E-state index in [1.807, 2.05) is 18.9 Å². The van der Waals surface area contributed by atoms with Gasteiger partial charge in [-0.1, -0.05) is 64.4 Å². The van der Waals surface area contributed by atoms with Gasteiger partial charge in [-0.2, -0.15) is 0 Å². The fraction of sp³-hybridized carbons (Fsp3) is 0.824. The molecular weight excluding hydrogens is 234 g/mol. The first-order chi connectivity index (χ1) is 9.13. The van der Waals surface area contributed by atoms with Gasteiger partial charge < -0.3 is 4.90 Å². The van der Waals surface area contributed by atoms with Crippen molar-refractivity contribution in [3.05, 3.63) is 12.2 Å². The Morgan fingerprint density at radius 2 is 1.26 bits per heavy atom. The average Bonchev–Trinajstić information content (AvgIpc) is 2.37. The Morgan fingerprint density at radius 3 is 1.63 bits per heavy atom. The molecule has 1 amide bonds. The third-order valence-corrected chi connectivity index (χ3v) is 4.31. The molecule has 0 saturated heterocycles. The van der Waals surface area contributed by atoms with Gasteiger partial charge >= 0.3 is 0 Å². The Balaban J connectivity index is 2.50. The number of hydrogen-bond acceptors (Lipinski definition) is 1. The van der Waals surface area contributed by atoms with Gasteiger partial charge in [-0.05, 0) is 19.8 Å². The Kier molecular flexibility index (Phi) is 7.85. The molecule has 110 valence electrons. The summed E-state index contributed by atoms with van der Waals surface area (Å²) in [6, 6.07) is 0.420. The van der Waals surface area contributed by atoms with Gasteiger partial charge in [0, 0.05) is 18.7 Å². The molecular formula is C17H31NO. The zero-order chi connectivity index (χ0) is 14.1. The van der Waals surface area contributed by atoms with E-state index in [-0.39, 0.29) is 5.91 Å². The van der Waals surface area contributed by atoms with Gasteiger partial charge in [0.25, 0.3) is 0 Å². The number of rotatable bonds is 2. The predicted molar refractivity (Wildman–Crippen MR) is 82.2 cm³/mol. The van der Waals surface area contributed by atoms with E-state index in [4.69, 9.17) is 0 Å². The number of carbonyl (C=O) groups excluding carboxylic acids is 1. The van der Waals surface area contributed by atoms with E-state index < -0.39 is 0 Å². The summed E-state index contributed by atoms with van der Waals surface area (Å²) >= 11 is 0. The number of likely N-dealkylation sites (N-methyl/N-ethyl adjacent to an activating group) is 1. The number of amides is 1.